The van der Waals surface area contributed by atoms with Gasteiger partial charge in [0.05, 0.1) is 5.69 Å². The molecule has 3 nitrogen and oxygen atoms in total. The Bertz CT molecular complexity index is 517. The molecule has 4 heteroatoms. The van der Waals surface area contributed by atoms with Crippen molar-refractivity contribution in [1.82, 2.24) is 0 Å². The van der Waals surface area contributed by atoms with Crippen molar-refractivity contribution in [2.75, 3.05) is 11.4 Å². The number of carbonyl (C=O) groups excluding carboxylic acids is 1. The van der Waals surface area contributed by atoms with E-state index in [0.29, 0.717) is 6.54 Å². The average molecular weight is 326 g/mol. The maximum Gasteiger partial charge on any atom is 0.414 e. The summed E-state index contributed by atoms with van der Waals surface area (Å²) in [4.78, 5) is 14.0. The SMILES string of the molecule is CC(C)(C)OC(=O)N1CC(C)(C)c2ccc(Br)cc21. The molecule has 0 bridgehead atoms. The highest BCUT2D eigenvalue weighted by Crippen LogP contribution is 2.42. The second-order valence-corrected chi connectivity index (χ2v) is 7.53. The first-order chi connectivity index (χ1) is 8.60. The van der Waals surface area contributed by atoms with E-state index >= 15 is 0 Å². The number of halogens is 1. The van der Waals surface area contributed by atoms with Crippen LogP contribution in [-0.2, 0) is 10.2 Å². The van der Waals surface area contributed by atoms with E-state index in [1.165, 1.54) is 5.56 Å². The van der Waals surface area contributed by atoms with Gasteiger partial charge < -0.3 is 4.74 Å². The molecule has 0 N–H and O–H groups in total. The fourth-order valence-electron chi connectivity index (χ4n) is 2.35. The normalized spacial score (nSPS) is 17.3. The van der Waals surface area contributed by atoms with Gasteiger partial charge in [0, 0.05) is 16.4 Å². The predicted octanol–water partition coefficient (Wildman–Crippen LogP) is 4.48. The zero-order valence-electron chi connectivity index (χ0n) is 12.1. The van der Waals surface area contributed by atoms with Gasteiger partial charge in [-0.15, -0.1) is 0 Å². The number of benzene rings is 1. The van der Waals surface area contributed by atoms with Crippen molar-refractivity contribution in [3.05, 3.63) is 28.2 Å². The summed E-state index contributed by atoms with van der Waals surface area (Å²) < 4.78 is 6.45. The number of hydrogen-bond donors (Lipinski definition) is 0. The Morgan fingerprint density at radius 3 is 2.58 bits per heavy atom. The largest absolute Gasteiger partial charge is 0.443 e. The third kappa shape index (κ3) is 2.94. The maximum atomic E-state index is 12.3. The summed E-state index contributed by atoms with van der Waals surface area (Å²) in [7, 11) is 0. The smallest absolute Gasteiger partial charge is 0.414 e. The van der Waals surface area contributed by atoms with Crippen molar-refractivity contribution >= 4 is 27.7 Å². The molecule has 1 aromatic carbocycles. The van der Waals surface area contributed by atoms with Gasteiger partial charge in [-0.3, -0.25) is 4.90 Å². The van der Waals surface area contributed by atoms with Crippen molar-refractivity contribution in [1.29, 1.82) is 0 Å². The second kappa shape index (κ2) is 4.51. The minimum Gasteiger partial charge on any atom is -0.443 e. The number of ether oxygens (including phenoxy) is 1. The number of amides is 1. The monoisotopic (exact) mass is 325 g/mol. The summed E-state index contributed by atoms with van der Waals surface area (Å²) >= 11 is 3.46. The molecule has 0 saturated carbocycles. The molecule has 1 amide bonds. The molecule has 0 fully saturated rings. The van der Waals surface area contributed by atoms with Crippen molar-refractivity contribution in [3.63, 3.8) is 0 Å². The van der Waals surface area contributed by atoms with E-state index in [2.05, 4.69) is 35.8 Å². The molecule has 104 valence electrons. The van der Waals surface area contributed by atoms with Gasteiger partial charge in [0.15, 0.2) is 0 Å². The molecule has 0 aromatic heterocycles. The third-order valence-corrected chi connectivity index (χ3v) is 3.64. The van der Waals surface area contributed by atoms with Gasteiger partial charge in [-0.1, -0.05) is 35.8 Å². The van der Waals surface area contributed by atoms with Crippen LogP contribution in [0.4, 0.5) is 10.5 Å². The molecule has 0 saturated heterocycles. The Hall–Kier alpha value is -1.03. The fraction of sp³-hybridized carbons (Fsp3) is 0.533. The van der Waals surface area contributed by atoms with Gasteiger partial charge >= 0.3 is 6.09 Å². The Labute approximate surface area is 123 Å². The Morgan fingerprint density at radius 1 is 1.37 bits per heavy atom. The average Bonchev–Trinajstić information content (AvgIpc) is 2.48. The highest BCUT2D eigenvalue weighted by Gasteiger charge is 2.39. The molecule has 1 aromatic rings. The predicted molar refractivity (Wildman–Crippen MR) is 80.7 cm³/mol. The molecular weight excluding hydrogens is 306 g/mol. The molecule has 0 aliphatic carbocycles. The molecule has 0 atom stereocenters. The summed E-state index contributed by atoms with van der Waals surface area (Å²) in [5, 5.41) is 0. The van der Waals surface area contributed by atoms with Gasteiger partial charge in [-0.2, -0.15) is 0 Å². The van der Waals surface area contributed by atoms with Crippen LogP contribution in [0, 0.1) is 0 Å². The van der Waals surface area contributed by atoms with Crippen molar-refractivity contribution in [2.45, 2.75) is 45.6 Å². The zero-order chi connectivity index (χ0) is 14.4. The van der Waals surface area contributed by atoms with Crippen molar-refractivity contribution in [2.24, 2.45) is 0 Å². The maximum absolute atomic E-state index is 12.3. The molecule has 1 aliphatic rings. The lowest BCUT2D eigenvalue weighted by molar-refractivity contribution is 0.0579. The highest BCUT2D eigenvalue weighted by molar-refractivity contribution is 9.10. The summed E-state index contributed by atoms with van der Waals surface area (Å²) in [6, 6.07) is 6.07. The second-order valence-electron chi connectivity index (χ2n) is 6.61. The molecule has 1 aliphatic heterocycles. The number of anilines is 1. The highest BCUT2D eigenvalue weighted by atomic mass is 79.9. The molecule has 1 heterocycles. The van der Waals surface area contributed by atoms with Crippen LogP contribution in [0.15, 0.2) is 22.7 Å². The number of carbonyl (C=O) groups is 1. The summed E-state index contributed by atoms with van der Waals surface area (Å²) in [6.07, 6.45) is -0.280. The van der Waals surface area contributed by atoms with Crippen LogP contribution in [0.25, 0.3) is 0 Å². The Kier molecular flexibility index (Phi) is 3.42. The van der Waals surface area contributed by atoms with Crippen LogP contribution >= 0.6 is 15.9 Å². The van der Waals surface area contributed by atoms with Crippen molar-refractivity contribution in [3.8, 4) is 0 Å². The number of rotatable bonds is 0. The molecule has 0 unspecified atom stereocenters. The molecule has 2 rings (SSSR count). The lowest BCUT2D eigenvalue weighted by atomic mass is 9.87. The van der Waals surface area contributed by atoms with Gasteiger partial charge in [-0.25, -0.2) is 4.79 Å². The van der Waals surface area contributed by atoms with Gasteiger partial charge in [-0.05, 0) is 38.5 Å². The van der Waals surface area contributed by atoms with Gasteiger partial charge in [0.1, 0.15) is 5.60 Å². The van der Waals surface area contributed by atoms with Gasteiger partial charge in [0.2, 0.25) is 0 Å². The zero-order valence-corrected chi connectivity index (χ0v) is 13.7. The quantitative estimate of drug-likeness (QED) is 0.703. The minimum absolute atomic E-state index is 0.0487. The number of fused-ring (bicyclic) bond motifs is 1. The third-order valence-electron chi connectivity index (χ3n) is 3.15. The molecular formula is C15H20BrNO2. The first kappa shape index (κ1) is 14.4. The van der Waals surface area contributed by atoms with Crippen LogP contribution in [-0.4, -0.2) is 18.2 Å². The first-order valence-electron chi connectivity index (χ1n) is 6.41. The van der Waals surface area contributed by atoms with E-state index in [-0.39, 0.29) is 11.5 Å². The number of hydrogen-bond acceptors (Lipinski definition) is 2. The lowest BCUT2D eigenvalue weighted by Gasteiger charge is -2.26. The van der Waals surface area contributed by atoms with Crippen LogP contribution in [0.3, 0.4) is 0 Å². The Balaban J connectivity index is 2.36. The van der Waals surface area contributed by atoms with Gasteiger partial charge in [0.25, 0.3) is 0 Å². The standard InChI is InChI=1S/C15H20BrNO2/c1-14(2,3)19-13(18)17-9-15(4,5)11-7-6-10(16)8-12(11)17/h6-8H,9H2,1-5H3. The lowest BCUT2D eigenvalue weighted by Crippen LogP contribution is -2.38. The van der Waals surface area contributed by atoms with E-state index in [0.717, 1.165) is 10.2 Å². The first-order valence-corrected chi connectivity index (χ1v) is 7.20. The summed E-state index contributed by atoms with van der Waals surface area (Å²) in [5.41, 5.74) is 1.60. The van der Waals surface area contributed by atoms with E-state index in [4.69, 9.17) is 4.74 Å². The van der Waals surface area contributed by atoms with Crippen molar-refractivity contribution < 1.29 is 9.53 Å². The van der Waals surface area contributed by atoms with E-state index in [9.17, 15) is 4.79 Å². The fourth-order valence-corrected chi connectivity index (χ4v) is 2.69. The minimum atomic E-state index is -0.476. The molecule has 19 heavy (non-hydrogen) atoms. The van der Waals surface area contributed by atoms with Crippen LogP contribution in [0.5, 0.6) is 0 Å². The molecule has 0 spiro atoms. The van der Waals surface area contributed by atoms with Crippen LogP contribution in [0.2, 0.25) is 0 Å². The Morgan fingerprint density at radius 2 is 2.00 bits per heavy atom. The van der Waals surface area contributed by atoms with E-state index in [1.54, 1.807) is 4.90 Å². The molecule has 0 radical (unpaired) electrons. The topological polar surface area (TPSA) is 29.5 Å². The van der Waals surface area contributed by atoms with E-state index < -0.39 is 5.60 Å². The van der Waals surface area contributed by atoms with Crippen LogP contribution in [0.1, 0.15) is 40.2 Å². The van der Waals surface area contributed by atoms with Crippen LogP contribution < -0.4 is 4.90 Å². The summed E-state index contributed by atoms with van der Waals surface area (Å²) in [5.74, 6) is 0. The number of nitrogens with zero attached hydrogens (tertiary/aromatic N) is 1. The summed E-state index contributed by atoms with van der Waals surface area (Å²) in [6.45, 7) is 10.6. The van der Waals surface area contributed by atoms with E-state index in [1.807, 2.05) is 32.9 Å².